The van der Waals surface area contributed by atoms with Crippen molar-refractivity contribution in [3.05, 3.63) is 41.0 Å². The Kier molecular flexibility index (Phi) is 3.22. The van der Waals surface area contributed by atoms with Gasteiger partial charge in [-0.25, -0.2) is 4.98 Å². The number of rotatable bonds is 2. The first kappa shape index (κ1) is 14.7. The summed E-state index contributed by atoms with van der Waals surface area (Å²) in [6, 6.07) is 10.5. The van der Waals surface area contributed by atoms with Gasteiger partial charge in [0.05, 0.1) is 28.7 Å². The maximum absolute atomic E-state index is 10.3. The van der Waals surface area contributed by atoms with E-state index < -0.39 is 0 Å². The molecule has 0 bridgehead atoms. The van der Waals surface area contributed by atoms with Gasteiger partial charge in [-0.1, -0.05) is 12.1 Å². The van der Waals surface area contributed by atoms with E-state index in [-0.39, 0.29) is 12.1 Å². The Hall–Kier alpha value is -2.58. The van der Waals surface area contributed by atoms with Crippen LogP contribution in [0.5, 0.6) is 0 Å². The number of pyridine rings is 1. The van der Waals surface area contributed by atoms with E-state index in [1.165, 1.54) is 5.56 Å². The molecule has 1 saturated carbocycles. The molecular weight excluding hydrogens is 312 g/mol. The summed E-state index contributed by atoms with van der Waals surface area (Å²) in [7, 11) is 0. The number of fused-ring (bicyclic) bond motifs is 4. The fraction of sp³-hybridized carbons (Fsp3) is 0.400. The van der Waals surface area contributed by atoms with E-state index in [1.54, 1.807) is 0 Å². The molecule has 5 nitrogen and oxygen atoms in total. The number of nitrogens with one attached hydrogen (secondary N) is 1. The summed E-state index contributed by atoms with van der Waals surface area (Å²) < 4.78 is 2.10. The molecule has 2 aliphatic rings. The number of aromatic nitrogens is 2. The number of aliphatic hydroxyl groups excluding tert-OH is 1. The van der Waals surface area contributed by atoms with E-state index >= 15 is 0 Å². The van der Waals surface area contributed by atoms with E-state index in [1.807, 2.05) is 24.3 Å². The number of aliphatic hydroxyl groups is 1. The second-order valence-electron chi connectivity index (χ2n) is 7.15. The van der Waals surface area contributed by atoms with Crippen LogP contribution in [0.1, 0.15) is 42.4 Å². The minimum atomic E-state index is -0.308. The summed E-state index contributed by atoms with van der Waals surface area (Å²) in [5.74, 6) is 1.03. The lowest BCUT2D eigenvalue weighted by Gasteiger charge is -2.22. The van der Waals surface area contributed by atoms with Crippen molar-refractivity contribution >= 4 is 22.5 Å². The summed E-state index contributed by atoms with van der Waals surface area (Å²) in [6.45, 7) is 0. The lowest BCUT2D eigenvalue weighted by Crippen LogP contribution is -2.29. The second kappa shape index (κ2) is 5.47. The molecular formula is C20H20N4O. The van der Waals surface area contributed by atoms with Crippen LogP contribution in [0.4, 0.5) is 5.82 Å². The third-order valence-electron chi connectivity index (χ3n) is 5.73. The van der Waals surface area contributed by atoms with E-state index in [0.29, 0.717) is 5.56 Å². The normalized spacial score (nSPS) is 22.4. The number of hydrogen-bond acceptors (Lipinski definition) is 4. The van der Waals surface area contributed by atoms with Gasteiger partial charge in [0.15, 0.2) is 5.65 Å². The Labute approximate surface area is 145 Å². The zero-order valence-corrected chi connectivity index (χ0v) is 14.0. The molecule has 2 atom stereocenters. The van der Waals surface area contributed by atoms with Crippen LogP contribution in [-0.2, 0) is 12.8 Å². The molecule has 25 heavy (non-hydrogen) atoms. The van der Waals surface area contributed by atoms with Gasteiger partial charge in [0.1, 0.15) is 11.9 Å². The molecule has 3 aromatic rings. The Morgan fingerprint density at radius 2 is 2.00 bits per heavy atom. The number of anilines is 1. The highest BCUT2D eigenvalue weighted by atomic mass is 16.3. The van der Waals surface area contributed by atoms with Crippen LogP contribution in [0.2, 0.25) is 0 Å². The lowest BCUT2D eigenvalue weighted by molar-refractivity contribution is 0.171. The predicted molar refractivity (Wildman–Crippen MR) is 96.7 cm³/mol. The van der Waals surface area contributed by atoms with E-state index in [0.717, 1.165) is 66.6 Å². The van der Waals surface area contributed by atoms with Gasteiger partial charge in [0.25, 0.3) is 0 Å². The van der Waals surface area contributed by atoms with E-state index in [2.05, 4.69) is 15.8 Å². The van der Waals surface area contributed by atoms with Gasteiger partial charge >= 0.3 is 0 Å². The van der Waals surface area contributed by atoms with Crippen LogP contribution in [0, 0.1) is 11.3 Å². The van der Waals surface area contributed by atoms with Gasteiger partial charge < -0.3 is 10.4 Å². The van der Waals surface area contributed by atoms with Crippen molar-refractivity contribution in [3.8, 4) is 6.07 Å². The van der Waals surface area contributed by atoms with Gasteiger partial charge in [-0.3, -0.25) is 4.40 Å². The lowest BCUT2D eigenvalue weighted by atomic mass is 10.1. The molecule has 1 aromatic carbocycles. The first-order valence-electron chi connectivity index (χ1n) is 9.07. The highest BCUT2D eigenvalue weighted by Gasteiger charge is 2.30. The molecule has 1 fully saturated rings. The molecule has 0 unspecified atom stereocenters. The van der Waals surface area contributed by atoms with Crippen molar-refractivity contribution in [3.63, 3.8) is 0 Å². The first-order chi connectivity index (χ1) is 12.3. The van der Waals surface area contributed by atoms with Crippen LogP contribution in [0.3, 0.4) is 0 Å². The van der Waals surface area contributed by atoms with Gasteiger partial charge in [-0.05, 0) is 61.8 Å². The van der Waals surface area contributed by atoms with Gasteiger partial charge in [0, 0.05) is 0 Å². The highest BCUT2D eigenvalue weighted by molar-refractivity contribution is 5.86. The van der Waals surface area contributed by atoms with Gasteiger partial charge in [-0.2, -0.15) is 5.26 Å². The van der Waals surface area contributed by atoms with Crippen LogP contribution < -0.4 is 5.32 Å². The minimum Gasteiger partial charge on any atom is -0.391 e. The van der Waals surface area contributed by atoms with Crippen LogP contribution in [-0.4, -0.2) is 26.6 Å². The Balaban J connectivity index is 1.84. The molecule has 2 aromatic heterocycles. The summed E-state index contributed by atoms with van der Waals surface area (Å²) in [4.78, 5) is 4.76. The molecule has 2 heterocycles. The zero-order chi connectivity index (χ0) is 17.0. The molecule has 2 aliphatic carbocycles. The van der Waals surface area contributed by atoms with Crippen LogP contribution in [0.15, 0.2) is 24.3 Å². The van der Waals surface area contributed by atoms with E-state index in [9.17, 15) is 10.4 Å². The van der Waals surface area contributed by atoms with Gasteiger partial charge in [-0.15, -0.1) is 0 Å². The highest BCUT2D eigenvalue weighted by Crippen LogP contribution is 2.37. The van der Waals surface area contributed by atoms with Crippen LogP contribution >= 0.6 is 0 Å². The topological polar surface area (TPSA) is 73.3 Å². The predicted octanol–water partition coefficient (Wildman–Crippen LogP) is 3.17. The SMILES string of the molecule is N#Cc1c2c(c(N[C@@H]3CCC[C@H]3O)n3c1nc1ccccc13)CCC2. The van der Waals surface area contributed by atoms with Crippen molar-refractivity contribution in [2.24, 2.45) is 0 Å². The molecule has 0 radical (unpaired) electrons. The number of hydrogen-bond donors (Lipinski definition) is 2. The summed E-state index contributed by atoms with van der Waals surface area (Å²) in [5.41, 5.74) is 5.73. The summed E-state index contributed by atoms with van der Waals surface area (Å²) in [6.07, 6.45) is 5.53. The Morgan fingerprint density at radius 1 is 1.16 bits per heavy atom. The fourth-order valence-electron chi connectivity index (χ4n) is 4.52. The average Bonchev–Trinajstić information content (AvgIpc) is 3.33. The summed E-state index contributed by atoms with van der Waals surface area (Å²) in [5, 5.41) is 23.7. The zero-order valence-electron chi connectivity index (χ0n) is 14.0. The van der Waals surface area contributed by atoms with Crippen LogP contribution in [0.25, 0.3) is 16.7 Å². The van der Waals surface area contributed by atoms with Crippen molar-refractivity contribution < 1.29 is 5.11 Å². The molecule has 0 aliphatic heterocycles. The smallest absolute Gasteiger partial charge is 0.157 e. The first-order valence-corrected chi connectivity index (χ1v) is 9.07. The quantitative estimate of drug-likeness (QED) is 0.756. The Morgan fingerprint density at radius 3 is 2.80 bits per heavy atom. The average molecular weight is 332 g/mol. The number of imidazole rings is 1. The largest absolute Gasteiger partial charge is 0.391 e. The van der Waals surface area contributed by atoms with Crippen molar-refractivity contribution in [2.75, 3.05) is 5.32 Å². The second-order valence-corrected chi connectivity index (χ2v) is 7.15. The number of para-hydroxylation sites is 2. The molecule has 5 heteroatoms. The molecule has 2 N–H and O–H groups in total. The summed E-state index contributed by atoms with van der Waals surface area (Å²) >= 11 is 0. The van der Waals surface area contributed by atoms with Crippen molar-refractivity contribution in [1.82, 2.24) is 9.38 Å². The maximum atomic E-state index is 10.3. The number of nitriles is 1. The maximum Gasteiger partial charge on any atom is 0.157 e. The third kappa shape index (κ3) is 2.07. The molecule has 5 rings (SSSR count). The Bertz CT molecular complexity index is 1030. The number of nitrogens with zero attached hydrogens (tertiary/aromatic N) is 3. The molecule has 0 amide bonds. The van der Waals surface area contributed by atoms with Gasteiger partial charge in [0.2, 0.25) is 0 Å². The standard InChI is InChI=1S/C20H20N4O/c21-11-14-12-5-3-6-13(12)19(23-16-8-4-10-18(16)25)24-17-9-2-1-7-15(17)22-20(14)24/h1-2,7,9,16,18,23,25H,3-6,8,10H2/t16-,18-/m1/s1. The van der Waals surface area contributed by atoms with Crippen molar-refractivity contribution in [1.29, 1.82) is 5.26 Å². The number of benzene rings is 1. The third-order valence-corrected chi connectivity index (χ3v) is 5.73. The fourth-order valence-corrected chi connectivity index (χ4v) is 4.52. The van der Waals surface area contributed by atoms with E-state index in [4.69, 9.17) is 4.98 Å². The van der Waals surface area contributed by atoms with Crippen molar-refractivity contribution in [2.45, 2.75) is 50.7 Å². The monoisotopic (exact) mass is 332 g/mol. The molecule has 126 valence electrons. The minimum absolute atomic E-state index is 0.0713. The molecule has 0 spiro atoms. The molecule has 0 saturated heterocycles.